The topological polar surface area (TPSA) is 105 Å². The monoisotopic (exact) mass is 390 g/mol. The second-order valence-electron chi connectivity index (χ2n) is 7.27. The molecule has 2 heterocycles. The standard InChI is InChI=1S/C20H26N2O6/c23-17(14-28-16-6-2-1-3-7-16)22-10-4-5-15(13-22)18(24)21-20(19(25)26)8-11-27-12-9-20/h1-3,6-7,15H,4-5,8-14H2,(H,21,24)(H,25,26). The molecule has 2 amide bonds. The van der Waals surface area contributed by atoms with Gasteiger partial charge in [-0.3, -0.25) is 9.59 Å². The van der Waals surface area contributed by atoms with Crippen LogP contribution in [0.5, 0.6) is 5.75 Å². The number of carbonyl (C=O) groups excluding carboxylic acids is 2. The number of carbonyl (C=O) groups is 3. The zero-order valence-electron chi connectivity index (χ0n) is 15.8. The van der Waals surface area contributed by atoms with E-state index >= 15 is 0 Å². The summed E-state index contributed by atoms with van der Waals surface area (Å²) >= 11 is 0. The van der Waals surface area contributed by atoms with Gasteiger partial charge < -0.3 is 24.8 Å². The predicted molar refractivity (Wildman–Crippen MR) is 99.8 cm³/mol. The van der Waals surface area contributed by atoms with E-state index in [2.05, 4.69) is 5.32 Å². The normalized spacial score (nSPS) is 21.6. The second-order valence-corrected chi connectivity index (χ2v) is 7.27. The number of carboxylic acid groups (broad SMARTS) is 1. The quantitative estimate of drug-likeness (QED) is 0.752. The number of piperidine rings is 1. The molecular formula is C20H26N2O6. The van der Waals surface area contributed by atoms with E-state index in [0.717, 1.165) is 0 Å². The van der Waals surface area contributed by atoms with Gasteiger partial charge in [-0.15, -0.1) is 0 Å². The molecule has 0 bridgehead atoms. The van der Waals surface area contributed by atoms with Gasteiger partial charge in [0.2, 0.25) is 5.91 Å². The summed E-state index contributed by atoms with van der Waals surface area (Å²) in [7, 11) is 0. The van der Waals surface area contributed by atoms with Gasteiger partial charge >= 0.3 is 5.97 Å². The fraction of sp³-hybridized carbons (Fsp3) is 0.550. The molecule has 0 spiro atoms. The average molecular weight is 390 g/mol. The Labute approximate surface area is 163 Å². The van der Waals surface area contributed by atoms with Gasteiger partial charge in [-0.2, -0.15) is 0 Å². The fourth-order valence-electron chi connectivity index (χ4n) is 3.62. The van der Waals surface area contributed by atoms with Crippen LogP contribution in [0.2, 0.25) is 0 Å². The van der Waals surface area contributed by atoms with Gasteiger partial charge in [0.05, 0.1) is 5.92 Å². The van der Waals surface area contributed by atoms with Gasteiger partial charge in [-0.05, 0) is 25.0 Å². The van der Waals surface area contributed by atoms with Crippen LogP contribution < -0.4 is 10.1 Å². The molecule has 3 rings (SSSR count). The van der Waals surface area contributed by atoms with Gasteiger partial charge in [-0.25, -0.2) is 4.79 Å². The van der Waals surface area contributed by atoms with Crippen LogP contribution in [0, 0.1) is 5.92 Å². The summed E-state index contributed by atoms with van der Waals surface area (Å²) in [5.41, 5.74) is -1.28. The third kappa shape index (κ3) is 4.81. The van der Waals surface area contributed by atoms with E-state index in [9.17, 15) is 19.5 Å². The summed E-state index contributed by atoms with van der Waals surface area (Å²) in [5.74, 6) is -1.34. The predicted octanol–water partition coefficient (Wildman–Crippen LogP) is 1.05. The van der Waals surface area contributed by atoms with Crippen LogP contribution in [0.25, 0.3) is 0 Å². The number of hydrogen-bond acceptors (Lipinski definition) is 5. The SMILES string of the molecule is O=C(NC1(C(=O)O)CCOCC1)C1CCCN(C(=O)COc2ccccc2)C1. The lowest BCUT2D eigenvalue weighted by molar-refractivity contribution is -0.153. The maximum Gasteiger partial charge on any atom is 0.329 e. The highest BCUT2D eigenvalue weighted by Crippen LogP contribution is 2.24. The first kappa shape index (κ1) is 20.1. The molecule has 1 aromatic carbocycles. The van der Waals surface area contributed by atoms with Crippen molar-refractivity contribution in [3.8, 4) is 5.75 Å². The third-order valence-electron chi connectivity index (χ3n) is 5.37. The summed E-state index contributed by atoms with van der Waals surface area (Å²) in [6.45, 7) is 1.36. The van der Waals surface area contributed by atoms with Gasteiger partial charge in [0, 0.05) is 39.1 Å². The Morgan fingerprint density at radius 1 is 1.21 bits per heavy atom. The first-order chi connectivity index (χ1) is 13.5. The Bertz CT molecular complexity index is 702. The zero-order chi connectivity index (χ0) is 20.0. The lowest BCUT2D eigenvalue weighted by Gasteiger charge is -2.37. The number of benzene rings is 1. The molecule has 0 aromatic heterocycles. The van der Waals surface area contributed by atoms with Crippen molar-refractivity contribution in [2.75, 3.05) is 32.9 Å². The smallest absolute Gasteiger partial charge is 0.329 e. The number of carboxylic acids is 1. The van der Waals surface area contributed by atoms with Crippen molar-refractivity contribution >= 4 is 17.8 Å². The molecule has 1 unspecified atom stereocenters. The summed E-state index contributed by atoms with van der Waals surface area (Å²) in [5, 5.41) is 12.3. The Hall–Kier alpha value is -2.61. The molecule has 0 radical (unpaired) electrons. The lowest BCUT2D eigenvalue weighted by atomic mass is 9.88. The van der Waals surface area contributed by atoms with Crippen LogP contribution in [0.1, 0.15) is 25.7 Å². The number of nitrogens with zero attached hydrogens (tertiary/aromatic N) is 1. The van der Waals surface area contributed by atoms with E-state index in [0.29, 0.717) is 38.3 Å². The lowest BCUT2D eigenvalue weighted by Crippen LogP contribution is -2.60. The van der Waals surface area contributed by atoms with Crippen molar-refractivity contribution in [1.82, 2.24) is 10.2 Å². The van der Waals surface area contributed by atoms with Crippen molar-refractivity contribution in [2.24, 2.45) is 5.92 Å². The van der Waals surface area contributed by atoms with Crippen molar-refractivity contribution < 1.29 is 29.0 Å². The third-order valence-corrected chi connectivity index (χ3v) is 5.37. The average Bonchev–Trinajstić information content (AvgIpc) is 2.73. The minimum atomic E-state index is -1.28. The highest BCUT2D eigenvalue weighted by Gasteiger charge is 2.43. The van der Waals surface area contributed by atoms with E-state index < -0.39 is 17.4 Å². The molecule has 8 heteroatoms. The summed E-state index contributed by atoms with van der Waals surface area (Å²) in [6, 6.07) is 9.08. The molecule has 1 atom stereocenters. The van der Waals surface area contributed by atoms with E-state index in [1.54, 1.807) is 17.0 Å². The van der Waals surface area contributed by atoms with E-state index in [4.69, 9.17) is 9.47 Å². The number of para-hydroxylation sites is 1. The van der Waals surface area contributed by atoms with Crippen molar-refractivity contribution in [1.29, 1.82) is 0 Å². The molecule has 28 heavy (non-hydrogen) atoms. The van der Waals surface area contributed by atoms with Crippen LogP contribution >= 0.6 is 0 Å². The zero-order valence-corrected chi connectivity index (χ0v) is 15.8. The number of ether oxygens (including phenoxy) is 2. The van der Waals surface area contributed by atoms with Gasteiger partial charge in [0.15, 0.2) is 6.61 Å². The maximum absolute atomic E-state index is 12.7. The number of likely N-dealkylation sites (tertiary alicyclic amines) is 1. The van der Waals surface area contributed by atoms with Crippen LogP contribution in [-0.4, -0.2) is 66.2 Å². The minimum Gasteiger partial charge on any atom is -0.484 e. The molecular weight excluding hydrogens is 364 g/mol. The van der Waals surface area contributed by atoms with E-state index in [1.807, 2.05) is 18.2 Å². The molecule has 0 aliphatic carbocycles. The van der Waals surface area contributed by atoms with Crippen LogP contribution in [0.3, 0.4) is 0 Å². The number of aliphatic carboxylic acids is 1. The molecule has 2 fully saturated rings. The molecule has 2 aliphatic heterocycles. The molecule has 1 aromatic rings. The van der Waals surface area contributed by atoms with Gasteiger partial charge in [0.25, 0.3) is 5.91 Å². The van der Waals surface area contributed by atoms with Crippen molar-refractivity contribution in [3.05, 3.63) is 30.3 Å². The van der Waals surface area contributed by atoms with E-state index in [1.165, 1.54) is 0 Å². The van der Waals surface area contributed by atoms with E-state index in [-0.39, 0.29) is 37.8 Å². The molecule has 2 N–H and O–H groups in total. The Kier molecular flexibility index (Phi) is 6.51. The second kappa shape index (κ2) is 9.05. The molecule has 0 saturated carbocycles. The molecule has 2 aliphatic rings. The van der Waals surface area contributed by atoms with Gasteiger partial charge in [0.1, 0.15) is 11.3 Å². The van der Waals surface area contributed by atoms with Crippen LogP contribution in [0.4, 0.5) is 0 Å². The van der Waals surface area contributed by atoms with Crippen LogP contribution in [-0.2, 0) is 19.1 Å². The number of hydrogen-bond donors (Lipinski definition) is 2. The first-order valence-corrected chi connectivity index (χ1v) is 9.59. The number of rotatable bonds is 6. The highest BCUT2D eigenvalue weighted by atomic mass is 16.5. The largest absolute Gasteiger partial charge is 0.484 e. The summed E-state index contributed by atoms with van der Waals surface area (Å²) < 4.78 is 10.7. The maximum atomic E-state index is 12.7. The first-order valence-electron chi connectivity index (χ1n) is 9.59. The molecule has 152 valence electrons. The van der Waals surface area contributed by atoms with Crippen molar-refractivity contribution in [2.45, 2.75) is 31.2 Å². The van der Waals surface area contributed by atoms with Crippen LogP contribution in [0.15, 0.2) is 30.3 Å². The Morgan fingerprint density at radius 3 is 2.61 bits per heavy atom. The van der Waals surface area contributed by atoms with Gasteiger partial charge in [-0.1, -0.05) is 18.2 Å². The van der Waals surface area contributed by atoms with Crippen molar-refractivity contribution in [3.63, 3.8) is 0 Å². The highest BCUT2D eigenvalue weighted by molar-refractivity contribution is 5.89. The fourth-order valence-corrected chi connectivity index (χ4v) is 3.62. The summed E-state index contributed by atoms with van der Waals surface area (Å²) in [4.78, 5) is 38.6. The molecule has 8 nitrogen and oxygen atoms in total. The summed E-state index contributed by atoms with van der Waals surface area (Å²) in [6.07, 6.45) is 1.81. The Balaban J connectivity index is 1.55. The molecule has 2 saturated heterocycles. The minimum absolute atomic E-state index is 0.0885. The number of nitrogens with one attached hydrogen (secondary N) is 1. The number of amides is 2. The Morgan fingerprint density at radius 2 is 1.93 bits per heavy atom.